The third-order valence-corrected chi connectivity index (χ3v) is 5.58. The van der Waals surface area contributed by atoms with Crippen molar-refractivity contribution in [2.24, 2.45) is 0 Å². The maximum atomic E-state index is 12.2. The number of carbonyl (C=O) groups is 2. The van der Waals surface area contributed by atoms with Crippen molar-refractivity contribution in [3.63, 3.8) is 0 Å². The van der Waals surface area contributed by atoms with Crippen LogP contribution in [0.1, 0.15) is 19.1 Å². The number of esters is 1. The smallest absolute Gasteiger partial charge is 0.481 e. The van der Waals surface area contributed by atoms with Crippen molar-refractivity contribution in [1.29, 1.82) is 0 Å². The lowest BCUT2D eigenvalue weighted by Crippen LogP contribution is -2.42. The number of imidazole rings is 1. The summed E-state index contributed by atoms with van der Waals surface area (Å²) < 4.78 is 23.1. The van der Waals surface area contributed by atoms with E-state index in [0.29, 0.717) is 0 Å². The van der Waals surface area contributed by atoms with Gasteiger partial charge in [-0.25, -0.2) is 9.88 Å². The van der Waals surface area contributed by atoms with E-state index in [9.17, 15) is 19.3 Å². The summed E-state index contributed by atoms with van der Waals surface area (Å²) in [5.41, 5.74) is 5.06. The summed E-state index contributed by atoms with van der Waals surface area (Å²) in [5.74, 6) is -2.17. The molecule has 30 heavy (non-hydrogen) atoms. The summed E-state index contributed by atoms with van der Waals surface area (Å²) in [6, 6.07) is 0. The molecule has 14 nitrogen and oxygen atoms in total. The van der Waals surface area contributed by atoms with E-state index in [1.807, 2.05) is 0 Å². The first-order valence-corrected chi connectivity index (χ1v) is 10.3. The van der Waals surface area contributed by atoms with E-state index >= 15 is 0 Å². The predicted molar refractivity (Wildman–Crippen MR) is 98.9 cm³/mol. The highest BCUT2D eigenvalue weighted by Gasteiger charge is 2.59. The van der Waals surface area contributed by atoms with Crippen LogP contribution in [0.25, 0.3) is 11.2 Å². The number of fused-ring (bicyclic) bond motifs is 2. The van der Waals surface area contributed by atoms with Crippen LogP contribution in [0, 0.1) is 0 Å². The van der Waals surface area contributed by atoms with E-state index in [-0.39, 0.29) is 23.7 Å². The number of rotatable bonds is 5. The number of hydrogen-bond acceptors (Lipinski definition) is 11. The molecule has 0 spiro atoms. The van der Waals surface area contributed by atoms with Crippen molar-refractivity contribution in [3.8, 4) is 0 Å². The Balaban J connectivity index is 1.69. The van der Waals surface area contributed by atoms with E-state index in [2.05, 4.69) is 15.0 Å². The van der Waals surface area contributed by atoms with Crippen molar-refractivity contribution in [2.45, 2.75) is 37.4 Å². The molecule has 2 aromatic rings. The molecule has 2 fully saturated rings. The molecule has 2 aromatic heterocycles. The van der Waals surface area contributed by atoms with Gasteiger partial charge < -0.3 is 20.3 Å². The number of carboxylic acid groups (broad SMARTS) is 1. The van der Waals surface area contributed by atoms with Crippen molar-refractivity contribution >= 4 is 44.4 Å². The normalized spacial score (nSPS) is 30.8. The molecule has 2 saturated heterocycles. The first-order chi connectivity index (χ1) is 14.1. The van der Waals surface area contributed by atoms with E-state index in [1.165, 1.54) is 10.9 Å². The van der Waals surface area contributed by atoms with Crippen molar-refractivity contribution in [2.75, 3.05) is 12.3 Å². The van der Waals surface area contributed by atoms with Gasteiger partial charge in [0.25, 0.3) is 5.56 Å². The number of aromatic amines is 1. The minimum atomic E-state index is -3.67. The van der Waals surface area contributed by atoms with Gasteiger partial charge in [0.05, 0.1) is 19.2 Å². The highest BCUT2D eigenvalue weighted by molar-refractivity contribution is 7.85. The van der Waals surface area contributed by atoms with Gasteiger partial charge >= 0.3 is 27.3 Å². The van der Waals surface area contributed by atoms with Crippen molar-refractivity contribution in [3.05, 3.63) is 16.7 Å². The molecule has 0 aliphatic carbocycles. The van der Waals surface area contributed by atoms with Crippen LogP contribution >= 0.6 is 7.82 Å². The third-order valence-electron chi connectivity index (χ3n) is 4.52. The van der Waals surface area contributed by atoms with Crippen LogP contribution in [0.2, 0.25) is 0 Å². The number of H-pyrrole nitrogens is 1. The average Bonchev–Trinajstić information content (AvgIpc) is 3.21. The Hall–Kier alpha value is -2.58. The zero-order chi connectivity index (χ0) is 21.6. The first kappa shape index (κ1) is 20.7. The number of anilines is 1. The number of nitrogens with zero attached hydrogens (tertiary/aromatic N) is 3. The van der Waals surface area contributed by atoms with Crippen LogP contribution in [-0.4, -0.2) is 73.9 Å². The van der Waals surface area contributed by atoms with Crippen LogP contribution in [0.5, 0.6) is 0 Å². The topological polar surface area (TPSA) is 201 Å². The molecule has 0 amide bonds. The zero-order valence-electron chi connectivity index (χ0n) is 15.2. The monoisotopic (exact) mass is 440 g/mol. The quantitative estimate of drug-likeness (QED) is 0.242. The Morgan fingerprint density at radius 3 is 2.97 bits per heavy atom. The predicted octanol–water partition coefficient (Wildman–Crippen LogP) is -1.37. The molecular weight excluding hydrogens is 424 g/mol. The summed E-state index contributed by atoms with van der Waals surface area (Å²) in [7, 11) is 1.91. The maximum absolute atomic E-state index is 12.2. The number of nitrogens with one attached hydrogen (secondary N) is 1. The van der Waals surface area contributed by atoms with Gasteiger partial charge in [-0.1, -0.05) is 0 Å². The molecule has 0 aromatic carbocycles. The highest BCUT2D eigenvalue weighted by atomic mass is 31.2. The number of carboxylic acids is 1. The van der Waals surface area contributed by atoms with Gasteiger partial charge in [-0.05, 0) is 0 Å². The zero-order valence-corrected chi connectivity index (χ0v) is 16.1. The number of hydrogen-bond donors (Lipinski definition) is 4. The third kappa shape index (κ3) is 3.89. The fourth-order valence-corrected chi connectivity index (χ4v) is 4.28. The number of nitrogen functional groups attached to an aromatic ring is 1. The number of aromatic nitrogens is 4. The largest absolute Gasteiger partial charge is 0.488 e. The SMILES string of the molecule is [B][P+]1(O)OC[C@H]2O[C@@H](n3cnc4c(=O)[nH]c(N)nc43)C(OC(=O)CCC(=O)O)[C@H]2O1. The molecule has 5 N–H and O–H groups in total. The van der Waals surface area contributed by atoms with E-state index in [4.69, 9.17) is 36.9 Å². The molecule has 16 heteroatoms. The average molecular weight is 440 g/mol. The van der Waals surface area contributed by atoms with Gasteiger partial charge in [0.15, 0.2) is 29.6 Å². The van der Waals surface area contributed by atoms with Gasteiger partial charge in [-0.15, -0.1) is 0 Å². The van der Waals surface area contributed by atoms with Gasteiger partial charge in [0.2, 0.25) is 5.95 Å². The lowest BCUT2D eigenvalue weighted by Gasteiger charge is -2.29. The molecule has 158 valence electrons. The fraction of sp³-hybridized carbons (Fsp3) is 0.500. The van der Waals surface area contributed by atoms with Gasteiger partial charge in [-0.3, -0.25) is 23.9 Å². The van der Waals surface area contributed by atoms with E-state index < -0.39 is 62.7 Å². The van der Waals surface area contributed by atoms with Gasteiger partial charge in [-0.2, -0.15) is 14.0 Å². The van der Waals surface area contributed by atoms with Gasteiger partial charge in [0, 0.05) is 0 Å². The molecule has 2 unspecified atom stereocenters. The van der Waals surface area contributed by atoms with Crippen LogP contribution in [0.4, 0.5) is 5.95 Å². The van der Waals surface area contributed by atoms with Crippen molar-refractivity contribution < 1.29 is 38.1 Å². The summed E-state index contributed by atoms with van der Waals surface area (Å²) >= 11 is 0. The van der Waals surface area contributed by atoms with Gasteiger partial charge in [0.1, 0.15) is 12.7 Å². The van der Waals surface area contributed by atoms with E-state index in [1.54, 1.807) is 0 Å². The highest BCUT2D eigenvalue weighted by Crippen LogP contribution is 2.59. The number of ether oxygens (including phenoxy) is 2. The molecule has 2 aliphatic heterocycles. The molecule has 0 saturated carbocycles. The first-order valence-electron chi connectivity index (χ1n) is 8.67. The molecule has 5 atom stereocenters. The Labute approximate surface area is 169 Å². The second-order valence-electron chi connectivity index (χ2n) is 6.62. The minimum Gasteiger partial charge on any atom is -0.481 e. The Kier molecular flexibility index (Phi) is 5.24. The number of nitrogens with two attached hydrogens (primary N) is 1. The molecule has 0 bridgehead atoms. The summed E-state index contributed by atoms with van der Waals surface area (Å²) in [5, 5.41) is 8.77. The fourth-order valence-electron chi connectivity index (χ4n) is 3.25. The van der Waals surface area contributed by atoms with E-state index in [0.717, 1.165) is 0 Å². The van der Waals surface area contributed by atoms with Crippen molar-refractivity contribution in [1.82, 2.24) is 19.5 Å². The minimum absolute atomic E-state index is 0.0291. The maximum Gasteiger partial charge on any atom is 0.488 e. The van der Waals surface area contributed by atoms with Crippen LogP contribution in [0.3, 0.4) is 0 Å². The summed E-state index contributed by atoms with van der Waals surface area (Å²) in [6.07, 6.45) is -3.65. The molecule has 4 rings (SSSR count). The second kappa shape index (κ2) is 7.59. The molecule has 4 heterocycles. The van der Waals surface area contributed by atoms with Crippen LogP contribution in [0.15, 0.2) is 11.1 Å². The number of carbonyl (C=O) groups excluding carboxylic acids is 1. The Bertz CT molecular complexity index is 1060. The van der Waals surface area contributed by atoms with Crippen LogP contribution < -0.4 is 11.3 Å². The molecule has 2 aliphatic rings. The Morgan fingerprint density at radius 2 is 2.23 bits per heavy atom. The standard InChI is InChI=1S/C14H16BN5O9P/c15-30(25)26-3-5-9(29-30)10(28-7(23)2-1-6(21)22)13(27-5)20-4-17-8-11(20)18-14(16)19-12(8)24/h4-5,9-10,13,25H,1-3H2,(H,21,22)(H3,16,18,19,24)/q+1/t5-,9+,10?,13-,30?/m1/s1. The lowest BCUT2D eigenvalue weighted by atomic mass is 10.1. The number of aliphatic carboxylic acids is 1. The molecule has 2 radical (unpaired) electrons. The molecular formula is C14H16BN5O9P+. The summed E-state index contributed by atoms with van der Waals surface area (Å²) in [6.45, 7) is -0.145. The lowest BCUT2D eigenvalue weighted by molar-refractivity contribution is -0.159. The second-order valence-corrected chi connectivity index (χ2v) is 8.22. The van der Waals surface area contributed by atoms with Crippen LogP contribution in [-0.2, 0) is 28.1 Å². The summed E-state index contributed by atoms with van der Waals surface area (Å²) in [4.78, 5) is 55.3. The Morgan fingerprint density at radius 1 is 1.47 bits per heavy atom.